The lowest BCUT2D eigenvalue weighted by Crippen LogP contribution is -2.49. The molecule has 0 bridgehead atoms. The summed E-state index contributed by atoms with van der Waals surface area (Å²) in [6, 6.07) is 10.9. The fourth-order valence-electron chi connectivity index (χ4n) is 3.39. The molecule has 0 saturated carbocycles. The van der Waals surface area contributed by atoms with Crippen molar-refractivity contribution in [1.82, 2.24) is 15.3 Å². The highest BCUT2D eigenvalue weighted by Gasteiger charge is 2.31. The van der Waals surface area contributed by atoms with Gasteiger partial charge in [0.1, 0.15) is 41.2 Å². The van der Waals surface area contributed by atoms with Gasteiger partial charge in [0.15, 0.2) is 0 Å². The lowest BCUT2D eigenvalue weighted by molar-refractivity contribution is -0.120. The standard InChI is InChI=1S/C27H26N4O5/c1-17-5-7-20(15-29-17)36-19-10-12-28-21(14-19)25(32)30-22-16-35-24-8-6-18(9-11-27(2,3)34)13-23(24)31(4)26(22)33/h5-8,10,12-15,22,34H,16H2,1-4H3,(H,30,32). The molecule has 1 aliphatic heterocycles. The summed E-state index contributed by atoms with van der Waals surface area (Å²) in [6.07, 6.45) is 3.04. The number of rotatable bonds is 4. The average molecular weight is 487 g/mol. The predicted octanol–water partition coefficient (Wildman–Crippen LogP) is 2.85. The summed E-state index contributed by atoms with van der Waals surface area (Å²) in [5, 5.41) is 12.6. The molecule has 36 heavy (non-hydrogen) atoms. The highest BCUT2D eigenvalue weighted by atomic mass is 16.5. The van der Waals surface area contributed by atoms with Gasteiger partial charge in [-0.15, -0.1) is 0 Å². The summed E-state index contributed by atoms with van der Waals surface area (Å²) >= 11 is 0. The molecule has 0 saturated heterocycles. The highest BCUT2D eigenvalue weighted by molar-refractivity contribution is 6.03. The summed E-state index contributed by atoms with van der Waals surface area (Å²) in [5.41, 5.74) is 0.936. The molecule has 184 valence electrons. The third kappa shape index (κ3) is 5.98. The second kappa shape index (κ2) is 10.1. The van der Waals surface area contributed by atoms with Crippen LogP contribution in [0.4, 0.5) is 5.69 Å². The van der Waals surface area contributed by atoms with Gasteiger partial charge in [-0.25, -0.2) is 0 Å². The largest absolute Gasteiger partial charge is 0.489 e. The smallest absolute Gasteiger partial charge is 0.270 e. The first-order valence-electron chi connectivity index (χ1n) is 11.3. The van der Waals surface area contributed by atoms with Gasteiger partial charge >= 0.3 is 0 Å². The van der Waals surface area contributed by atoms with Crippen molar-refractivity contribution in [2.45, 2.75) is 32.4 Å². The Morgan fingerprint density at radius 3 is 2.72 bits per heavy atom. The maximum atomic E-state index is 13.1. The topological polar surface area (TPSA) is 114 Å². The Kier molecular flexibility index (Phi) is 6.90. The predicted molar refractivity (Wildman–Crippen MR) is 133 cm³/mol. The van der Waals surface area contributed by atoms with Gasteiger partial charge in [0.25, 0.3) is 11.8 Å². The molecule has 0 spiro atoms. The number of hydrogen-bond acceptors (Lipinski definition) is 7. The van der Waals surface area contributed by atoms with E-state index in [1.54, 1.807) is 57.4 Å². The zero-order valence-electron chi connectivity index (χ0n) is 20.4. The summed E-state index contributed by atoms with van der Waals surface area (Å²) in [6.45, 7) is 5.00. The van der Waals surface area contributed by atoms with Crippen LogP contribution in [0.15, 0.2) is 54.9 Å². The van der Waals surface area contributed by atoms with Gasteiger partial charge in [-0.3, -0.25) is 19.6 Å². The SMILES string of the molecule is Cc1ccc(Oc2ccnc(C(=O)NC3COc4ccc(C#CC(C)(C)O)cc4N(C)C3=O)c2)cn1. The first-order chi connectivity index (χ1) is 17.1. The number of carbonyl (C=O) groups is 2. The van der Waals surface area contributed by atoms with Crippen LogP contribution in [-0.2, 0) is 4.79 Å². The van der Waals surface area contributed by atoms with Crippen LogP contribution in [0.1, 0.15) is 35.6 Å². The molecule has 2 amide bonds. The van der Waals surface area contributed by atoms with Crippen LogP contribution < -0.4 is 19.7 Å². The molecule has 4 rings (SSSR count). The molecule has 0 radical (unpaired) electrons. The first-order valence-corrected chi connectivity index (χ1v) is 11.3. The number of likely N-dealkylation sites (N-methyl/N-ethyl adjacent to an activating group) is 1. The number of anilines is 1. The molecule has 1 unspecified atom stereocenters. The number of nitrogens with one attached hydrogen (secondary N) is 1. The fourth-order valence-corrected chi connectivity index (χ4v) is 3.39. The van der Waals surface area contributed by atoms with Crippen LogP contribution in [0.2, 0.25) is 0 Å². The van der Waals surface area contributed by atoms with Crippen LogP contribution in [-0.4, -0.2) is 52.2 Å². The van der Waals surface area contributed by atoms with Gasteiger partial charge in [-0.05, 0) is 57.2 Å². The van der Waals surface area contributed by atoms with E-state index in [1.165, 1.54) is 17.2 Å². The number of benzene rings is 1. The van der Waals surface area contributed by atoms with Crippen molar-refractivity contribution in [3.63, 3.8) is 0 Å². The number of fused-ring (bicyclic) bond motifs is 1. The molecular formula is C27H26N4O5. The van der Waals surface area contributed by atoms with Crippen LogP contribution in [0.5, 0.6) is 17.2 Å². The van der Waals surface area contributed by atoms with E-state index < -0.39 is 17.6 Å². The van der Waals surface area contributed by atoms with Gasteiger partial charge in [0, 0.05) is 30.6 Å². The van der Waals surface area contributed by atoms with Crippen LogP contribution in [0.3, 0.4) is 0 Å². The Hall–Kier alpha value is -4.42. The molecule has 1 aromatic carbocycles. The van der Waals surface area contributed by atoms with Crippen molar-refractivity contribution in [3.05, 3.63) is 71.8 Å². The number of aryl methyl sites for hydroxylation is 1. The minimum Gasteiger partial charge on any atom is -0.489 e. The summed E-state index contributed by atoms with van der Waals surface area (Å²) in [5.74, 6) is 6.16. The van der Waals surface area contributed by atoms with E-state index in [9.17, 15) is 14.7 Å². The van der Waals surface area contributed by atoms with Crippen molar-refractivity contribution in [2.24, 2.45) is 0 Å². The number of aromatic nitrogens is 2. The molecule has 1 atom stereocenters. The Bertz CT molecular complexity index is 1350. The minimum atomic E-state index is -1.15. The van der Waals surface area contributed by atoms with Crippen molar-refractivity contribution < 1.29 is 24.2 Å². The lowest BCUT2D eigenvalue weighted by atomic mass is 10.1. The molecule has 0 fully saturated rings. The van der Waals surface area contributed by atoms with Crippen LogP contribution in [0, 0.1) is 18.8 Å². The Morgan fingerprint density at radius 2 is 2.00 bits per heavy atom. The van der Waals surface area contributed by atoms with Gasteiger partial charge in [-0.1, -0.05) is 11.8 Å². The first kappa shape index (κ1) is 24.7. The number of ether oxygens (including phenoxy) is 2. The Balaban J connectivity index is 1.48. The van der Waals surface area contributed by atoms with E-state index in [-0.39, 0.29) is 18.2 Å². The Labute approximate surface area is 209 Å². The third-order valence-electron chi connectivity index (χ3n) is 5.26. The van der Waals surface area contributed by atoms with Crippen LogP contribution >= 0.6 is 0 Å². The van der Waals surface area contributed by atoms with E-state index in [0.717, 1.165) is 5.69 Å². The van der Waals surface area contributed by atoms with E-state index >= 15 is 0 Å². The van der Waals surface area contributed by atoms with Gasteiger partial charge < -0.3 is 24.8 Å². The van der Waals surface area contributed by atoms with Gasteiger partial charge in [-0.2, -0.15) is 0 Å². The summed E-state index contributed by atoms with van der Waals surface area (Å²) < 4.78 is 11.6. The molecular weight excluding hydrogens is 460 g/mol. The second-order valence-electron chi connectivity index (χ2n) is 8.84. The molecule has 9 nitrogen and oxygen atoms in total. The highest BCUT2D eigenvalue weighted by Crippen LogP contribution is 2.31. The number of aliphatic hydroxyl groups is 1. The second-order valence-corrected chi connectivity index (χ2v) is 8.84. The van der Waals surface area contributed by atoms with Crippen LogP contribution in [0.25, 0.3) is 0 Å². The van der Waals surface area contributed by atoms with E-state index in [2.05, 4.69) is 27.1 Å². The zero-order chi connectivity index (χ0) is 25.9. The maximum absolute atomic E-state index is 13.1. The molecule has 3 aromatic rings. The number of nitrogens with zero attached hydrogens (tertiary/aromatic N) is 3. The Morgan fingerprint density at radius 1 is 1.19 bits per heavy atom. The molecule has 9 heteroatoms. The van der Waals surface area contributed by atoms with Crippen molar-refractivity contribution in [3.8, 4) is 29.1 Å². The number of amides is 2. The molecule has 1 aliphatic rings. The number of pyridine rings is 2. The van der Waals surface area contributed by atoms with Crippen molar-refractivity contribution >= 4 is 17.5 Å². The number of hydrogen-bond donors (Lipinski definition) is 2. The van der Waals surface area contributed by atoms with Gasteiger partial charge in [0.2, 0.25) is 0 Å². The summed E-state index contributed by atoms with van der Waals surface area (Å²) in [7, 11) is 1.60. The zero-order valence-corrected chi connectivity index (χ0v) is 20.4. The average Bonchev–Trinajstić information content (AvgIpc) is 2.96. The summed E-state index contributed by atoms with van der Waals surface area (Å²) in [4.78, 5) is 35.8. The molecule has 2 N–H and O–H groups in total. The quantitative estimate of drug-likeness (QED) is 0.545. The monoisotopic (exact) mass is 486 g/mol. The number of carbonyl (C=O) groups excluding carboxylic acids is 2. The molecule has 2 aromatic heterocycles. The van der Waals surface area contributed by atoms with Crippen molar-refractivity contribution in [1.29, 1.82) is 0 Å². The van der Waals surface area contributed by atoms with E-state index in [0.29, 0.717) is 28.5 Å². The molecule has 3 heterocycles. The van der Waals surface area contributed by atoms with Crippen molar-refractivity contribution in [2.75, 3.05) is 18.6 Å². The van der Waals surface area contributed by atoms with E-state index in [4.69, 9.17) is 9.47 Å². The normalized spacial score (nSPS) is 15.1. The minimum absolute atomic E-state index is 0.0537. The van der Waals surface area contributed by atoms with E-state index in [1.807, 2.05) is 13.0 Å². The third-order valence-corrected chi connectivity index (χ3v) is 5.26. The lowest BCUT2D eigenvalue weighted by Gasteiger charge is -2.20. The fraction of sp³-hybridized carbons (Fsp3) is 0.259. The molecule has 0 aliphatic carbocycles. The van der Waals surface area contributed by atoms with Gasteiger partial charge in [0.05, 0.1) is 11.9 Å². The maximum Gasteiger partial charge on any atom is 0.270 e.